The molecule has 21 heavy (non-hydrogen) atoms. The van der Waals surface area contributed by atoms with Crippen molar-refractivity contribution < 1.29 is 4.79 Å². The molecule has 1 aliphatic carbocycles. The Morgan fingerprint density at radius 1 is 1.33 bits per heavy atom. The third-order valence-electron chi connectivity index (χ3n) is 4.57. The van der Waals surface area contributed by atoms with Gasteiger partial charge in [-0.1, -0.05) is 0 Å². The molecule has 1 heterocycles. The summed E-state index contributed by atoms with van der Waals surface area (Å²) in [4.78, 5) is 21.9. The third kappa shape index (κ3) is 3.55. The minimum Gasteiger partial charge on any atom is -0.331 e. The highest BCUT2D eigenvalue weighted by Gasteiger charge is 2.40. The number of likely N-dealkylation sites (N-methyl/N-ethyl adjacent to an activating group) is 2. The molecular formula is C15H26N4OS. The topological polar surface area (TPSA) is 48.5 Å². The zero-order chi connectivity index (χ0) is 15.6. The highest BCUT2D eigenvalue weighted by atomic mass is 32.1. The Hall–Kier alpha value is -1.14. The highest BCUT2D eigenvalue weighted by molar-refractivity contribution is 7.11. The predicted octanol–water partition coefficient (Wildman–Crippen LogP) is 2.39. The van der Waals surface area contributed by atoms with Crippen molar-refractivity contribution in [2.75, 3.05) is 27.7 Å². The zero-order valence-electron chi connectivity index (χ0n) is 13.7. The standard InChI is InChI=1S/C15H26N4OS/c1-11-12(2)21-13(17-11)9-16-14(20)19(5)10-15(18(3)4)7-6-8-15/h6-10H2,1-5H3,(H,16,20). The molecule has 0 aromatic carbocycles. The van der Waals surface area contributed by atoms with Crippen molar-refractivity contribution in [2.24, 2.45) is 0 Å². The van der Waals surface area contributed by atoms with Gasteiger partial charge in [-0.25, -0.2) is 9.78 Å². The molecule has 1 aromatic heterocycles. The summed E-state index contributed by atoms with van der Waals surface area (Å²) >= 11 is 1.65. The maximum atomic E-state index is 12.2. The minimum absolute atomic E-state index is 0.0198. The number of aryl methyl sites for hydroxylation is 2. The summed E-state index contributed by atoms with van der Waals surface area (Å²) in [5.74, 6) is 0. The second kappa shape index (κ2) is 6.32. The molecule has 0 saturated heterocycles. The first kappa shape index (κ1) is 16.2. The van der Waals surface area contributed by atoms with Gasteiger partial charge in [0.1, 0.15) is 5.01 Å². The zero-order valence-corrected chi connectivity index (χ0v) is 14.5. The number of nitrogens with zero attached hydrogens (tertiary/aromatic N) is 3. The normalized spacial score (nSPS) is 16.7. The Morgan fingerprint density at radius 3 is 2.43 bits per heavy atom. The molecule has 6 heteroatoms. The van der Waals surface area contributed by atoms with Crippen molar-refractivity contribution in [3.63, 3.8) is 0 Å². The highest BCUT2D eigenvalue weighted by Crippen LogP contribution is 2.36. The lowest BCUT2D eigenvalue weighted by Crippen LogP contribution is -2.58. The van der Waals surface area contributed by atoms with Crippen LogP contribution in [0.5, 0.6) is 0 Å². The maximum Gasteiger partial charge on any atom is 0.317 e. The summed E-state index contributed by atoms with van der Waals surface area (Å²) in [6.07, 6.45) is 3.59. The number of hydrogen-bond acceptors (Lipinski definition) is 4. The van der Waals surface area contributed by atoms with E-state index in [0.29, 0.717) is 6.54 Å². The number of carbonyl (C=O) groups excluding carboxylic acids is 1. The molecule has 0 radical (unpaired) electrons. The fourth-order valence-corrected chi connectivity index (χ4v) is 3.62. The number of rotatable bonds is 5. The summed E-state index contributed by atoms with van der Waals surface area (Å²) < 4.78 is 0. The number of amides is 2. The van der Waals surface area contributed by atoms with E-state index < -0.39 is 0 Å². The largest absolute Gasteiger partial charge is 0.331 e. The fourth-order valence-electron chi connectivity index (χ4n) is 2.75. The quantitative estimate of drug-likeness (QED) is 0.908. The van der Waals surface area contributed by atoms with Gasteiger partial charge in [0.15, 0.2) is 0 Å². The Morgan fingerprint density at radius 2 is 2.00 bits per heavy atom. The van der Waals surface area contributed by atoms with Crippen molar-refractivity contribution in [3.05, 3.63) is 15.6 Å². The SMILES string of the molecule is Cc1nc(CNC(=O)N(C)CC2(N(C)C)CCC2)sc1C. The predicted molar refractivity (Wildman–Crippen MR) is 86.7 cm³/mol. The van der Waals surface area contributed by atoms with E-state index in [4.69, 9.17) is 0 Å². The van der Waals surface area contributed by atoms with Gasteiger partial charge in [-0.3, -0.25) is 0 Å². The Balaban J connectivity index is 1.85. The van der Waals surface area contributed by atoms with Crippen LogP contribution in [0.3, 0.4) is 0 Å². The van der Waals surface area contributed by atoms with Gasteiger partial charge in [0.25, 0.3) is 0 Å². The molecule has 1 N–H and O–H groups in total. The molecule has 2 rings (SSSR count). The smallest absolute Gasteiger partial charge is 0.317 e. The van der Waals surface area contributed by atoms with Crippen molar-refractivity contribution in [2.45, 2.75) is 45.2 Å². The van der Waals surface area contributed by atoms with Crippen molar-refractivity contribution in [1.82, 2.24) is 20.1 Å². The van der Waals surface area contributed by atoms with Crippen LogP contribution < -0.4 is 5.32 Å². The van der Waals surface area contributed by atoms with Crippen LogP contribution in [0.15, 0.2) is 0 Å². The van der Waals surface area contributed by atoms with Crippen LogP contribution in [0, 0.1) is 13.8 Å². The van der Waals surface area contributed by atoms with Crippen molar-refractivity contribution in [3.8, 4) is 0 Å². The summed E-state index contributed by atoms with van der Waals surface area (Å²) in [5.41, 5.74) is 1.22. The first-order valence-electron chi connectivity index (χ1n) is 7.43. The van der Waals surface area contributed by atoms with E-state index in [1.807, 2.05) is 14.0 Å². The lowest BCUT2D eigenvalue weighted by Gasteiger charge is -2.49. The average Bonchev–Trinajstić information content (AvgIpc) is 2.69. The van der Waals surface area contributed by atoms with Crippen molar-refractivity contribution in [1.29, 1.82) is 0 Å². The molecule has 0 spiro atoms. The lowest BCUT2D eigenvalue weighted by atomic mass is 9.75. The van der Waals surface area contributed by atoms with Gasteiger partial charge >= 0.3 is 6.03 Å². The fraction of sp³-hybridized carbons (Fsp3) is 0.733. The van der Waals surface area contributed by atoms with E-state index in [1.165, 1.54) is 24.1 Å². The second-order valence-corrected chi connectivity index (χ2v) is 7.52. The molecule has 118 valence electrons. The summed E-state index contributed by atoms with van der Waals surface area (Å²) in [6, 6.07) is -0.0198. The maximum absolute atomic E-state index is 12.2. The molecule has 0 aliphatic heterocycles. The van der Waals surface area contributed by atoms with Crippen molar-refractivity contribution >= 4 is 17.4 Å². The molecule has 0 unspecified atom stereocenters. The van der Waals surface area contributed by atoms with Gasteiger partial charge in [0, 0.05) is 24.0 Å². The molecule has 1 saturated carbocycles. The number of thiazole rings is 1. The molecule has 1 aromatic rings. The average molecular weight is 310 g/mol. The van der Waals surface area contributed by atoms with E-state index in [-0.39, 0.29) is 11.6 Å². The van der Waals surface area contributed by atoms with Gasteiger partial charge < -0.3 is 15.1 Å². The number of carbonyl (C=O) groups is 1. The molecule has 2 amide bonds. The van der Waals surface area contributed by atoms with E-state index >= 15 is 0 Å². The Kier molecular flexibility index (Phi) is 4.88. The van der Waals surface area contributed by atoms with E-state index in [1.54, 1.807) is 16.2 Å². The Labute approximate surface area is 131 Å². The molecule has 0 atom stereocenters. The van der Waals surface area contributed by atoms with Crippen LogP contribution in [-0.4, -0.2) is 54.0 Å². The van der Waals surface area contributed by atoms with E-state index in [0.717, 1.165) is 17.2 Å². The van der Waals surface area contributed by atoms with Crippen LogP contribution >= 0.6 is 11.3 Å². The minimum atomic E-state index is -0.0198. The first-order valence-corrected chi connectivity index (χ1v) is 8.25. The number of aromatic nitrogens is 1. The van der Waals surface area contributed by atoms with Gasteiger partial charge in [-0.2, -0.15) is 0 Å². The van der Waals surface area contributed by atoms with Gasteiger partial charge in [-0.05, 0) is 47.2 Å². The van der Waals surface area contributed by atoms with Gasteiger partial charge in [0.2, 0.25) is 0 Å². The molecule has 0 bridgehead atoms. The number of urea groups is 1. The Bertz CT molecular complexity index is 488. The van der Waals surface area contributed by atoms with Crippen LogP contribution in [0.1, 0.15) is 34.8 Å². The lowest BCUT2D eigenvalue weighted by molar-refractivity contribution is 0.0363. The second-order valence-electron chi connectivity index (χ2n) is 6.24. The van der Waals surface area contributed by atoms with Gasteiger partial charge in [-0.15, -0.1) is 11.3 Å². The number of hydrogen-bond donors (Lipinski definition) is 1. The monoisotopic (exact) mass is 310 g/mol. The number of nitrogens with one attached hydrogen (secondary N) is 1. The summed E-state index contributed by atoms with van der Waals surface area (Å²) in [7, 11) is 6.08. The molecule has 1 aliphatic rings. The molecule has 1 fully saturated rings. The first-order chi connectivity index (χ1) is 9.84. The van der Waals surface area contributed by atoms with Crippen LogP contribution in [0.4, 0.5) is 4.79 Å². The summed E-state index contributed by atoms with van der Waals surface area (Å²) in [6.45, 7) is 5.35. The van der Waals surface area contributed by atoms with E-state index in [9.17, 15) is 4.79 Å². The van der Waals surface area contributed by atoms with Crippen LogP contribution in [0.2, 0.25) is 0 Å². The van der Waals surface area contributed by atoms with E-state index in [2.05, 4.69) is 36.2 Å². The van der Waals surface area contributed by atoms with Crippen LogP contribution in [0.25, 0.3) is 0 Å². The summed E-state index contributed by atoms with van der Waals surface area (Å²) in [5, 5.41) is 3.94. The van der Waals surface area contributed by atoms with Crippen LogP contribution in [-0.2, 0) is 6.54 Å². The van der Waals surface area contributed by atoms with Gasteiger partial charge in [0.05, 0.1) is 12.2 Å². The molecule has 5 nitrogen and oxygen atoms in total. The molecular weight excluding hydrogens is 284 g/mol. The third-order valence-corrected chi connectivity index (χ3v) is 5.65.